The van der Waals surface area contributed by atoms with Crippen LogP contribution in [0.2, 0.25) is 5.02 Å². The molecular weight excluding hydrogens is 562 g/mol. The fraction of sp³-hybridized carbons (Fsp3) is 0.250. The number of rotatable bonds is 5. The maximum absolute atomic E-state index is 13.1. The number of hydrogen-bond acceptors (Lipinski definition) is 8. The Morgan fingerprint density at radius 3 is 2.83 bits per heavy atom. The van der Waals surface area contributed by atoms with E-state index in [-0.39, 0.29) is 17.7 Å². The molecule has 0 saturated carbocycles. The molecule has 4 N–H and O–H groups in total. The summed E-state index contributed by atoms with van der Waals surface area (Å²) in [5.74, 6) is -0.210. The van der Waals surface area contributed by atoms with Gasteiger partial charge in [0.2, 0.25) is 11.8 Å². The predicted molar refractivity (Wildman–Crippen MR) is 156 cm³/mol. The van der Waals surface area contributed by atoms with Crippen LogP contribution in [0.5, 0.6) is 0 Å². The van der Waals surface area contributed by atoms with Crippen LogP contribution in [-0.2, 0) is 14.3 Å². The number of nitrogens with one attached hydrogen (secondary N) is 4. The average Bonchev–Trinajstić information content (AvgIpc) is 3.68. The van der Waals surface area contributed by atoms with E-state index in [9.17, 15) is 14.4 Å². The number of aromatic amines is 1. The van der Waals surface area contributed by atoms with Gasteiger partial charge in [-0.25, -0.2) is 9.78 Å². The normalized spacial score (nSPS) is 17.0. The first-order valence-electron chi connectivity index (χ1n) is 13.2. The van der Waals surface area contributed by atoms with Crippen molar-refractivity contribution in [3.8, 4) is 16.9 Å². The Hall–Kier alpha value is -5.04. The number of H-pyrrole nitrogens is 1. The van der Waals surface area contributed by atoms with Gasteiger partial charge in [0, 0.05) is 33.8 Å². The molecular formula is C28H28ClN9O4. The molecule has 1 aliphatic rings. The van der Waals surface area contributed by atoms with Crippen molar-refractivity contribution in [3.05, 3.63) is 71.4 Å². The summed E-state index contributed by atoms with van der Waals surface area (Å²) in [6, 6.07) is 9.87. The van der Waals surface area contributed by atoms with Gasteiger partial charge in [0.05, 0.1) is 36.4 Å². The van der Waals surface area contributed by atoms with Gasteiger partial charge in [-0.2, -0.15) is 4.68 Å². The number of ether oxygens (including phenoxy) is 1. The summed E-state index contributed by atoms with van der Waals surface area (Å²) in [4.78, 5) is 45.7. The second-order valence-corrected chi connectivity index (χ2v) is 10.2. The van der Waals surface area contributed by atoms with Crippen molar-refractivity contribution >= 4 is 47.0 Å². The Balaban J connectivity index is 1.40. The van der Waals surface area contributed by atoms with Crippen molar-refractivity contribution in [2.75, 3.05) is 17.7 Å². The number of carbonyl (C=O) groups excluding carboxylic acids is 3. The molecule has 0 saturated heterocycles. The lowest BCUT2D eigenvalue weighted by molar-refractivity contribution is -0.120. The number of hydrogen-bond donors (Lipinski definition) is 4. The lowest BCUT2D eigenvalue weighted by Crippen LogP contribution is -2.28. The van der Waals surface area contributed by atoms with Crippen molar-refractivity contribution in [2.45, 2.75) is 32.2 Å². The van der Waals surface area contributed by atoms with Crippen molar-refractivity contribution < 1.29 is 19.1 Å². The molecule has 14 heteroatoms. The van der Waals surface area contributed by atoms with Crippen LogP contribution >= 0.6 is 11.6 Å². The average molecular weight is 590 g/mol. The van der Waals surface area contributed by atoms with Crippen LogP contribution in [0.4, 0.5) is 16.2 Å². The molecule has 3 heterocycles. The van der Waals surface area contributed by atoms with Crippen molar-refractivity contribution in [1.82, 2.24) is 35.5 Å². The Bertz CT molecular complexity index is 1630. The summed E-state index contributed by atoms with van der Waals surface area (Å²) in [5.41, 5.74) is 3.58. The highest BCUT2D eigenvalue weighted by Gasteiger charge is 2.23. The van der Waals surface area contributed by atoms with Gasteiger partial charge in [-0.15, -0.1) is 5.10 Å². The maximum atomic E-state index is 13.1. The number of imidazole rings is 1. The molecule has 1 aliphatic heterocycles. The third-order valence-corrected chi connectivity index (χ3v) is 7.05. The van der Waals surface area contributed by atoms with E-state index in [1.807, 2.05) is 6.92 Å². The van der Waals surface area contributed by atoms with Crippen LogP contribution in [0.3, 0.4) is 0 Å². The molecule has 13 nitrogen and oxygen atoms in total. The summed E-state index contributed by atoms with van der Waals surface area (Å²) >= 11 is 6.20. The van der Waals surface area contributed by atoms with E-state index in [4.69, 9.17) is 11.6 Å². The molecule has 0 unspecified atom stereocenters. The quantitative estimate of drug-likeness (QED) is 0.246. The van der Waals surface area contributed by atoms with E-state index < -0.39 is 12.1 Å². The Morgan fingerprint density at radius 1 is 1.19 bits per heavy atom. The van der Waals surface area contributed by atoms with Gasteiger partial charge in [-0.05, 0) is 65.7 Å². The van der Waals surface area contributed by atoms with Gasteiger partial charge < -0.3 is 20.4 Å². The number of tetrazole rings is 1. The van der Waals surface area contributed by atoms with Gasteiger partial charge >= 0.3 is 6.09 Å². The third kappa shape index (κ3) is 6.63. The lowest BCUT2D eigenvalue weighted by Gasteiger charge is -2.19. The van der Waals surface area contributed by atoms with Gasteiger partial charge in [-0.1, -0.05) is 24.9 Å². The molecule has 4 aromatic rings. The molecule has 5 rings (SSSR count). The Labute approximate surface area is 245 Å². The largest absolute Gasteiger partial charge is 0.453 e. The van der Waals surface area contributed by atoms with E-state index >= 15 is 0 Å². The molecule has 2 aromatic heterocycles. The fourth-order valence-electron chi connectivity index (χ4n) is 4.60. The third-order valence-electron chi connectivity index (χ3n) is 6.82. The molecule has 0 radical (unpaired) electrons. The highest BCUT2D eigenvalue weighted by Crippen LogP contribution is 2.32. The maximum Gasteiger partial charge on any atom is 0.411 e. The number of aromatic nitrogens is 6. The van der Waals surface area contributed by atoms with Gasteiger partial charge in [0.25, 0.3) is 0 Å². The number of carbonyl (C=O) groups is 3. The van der Waals surface area contributed by atoms with Gasteiger partial charge in [0.15, 0.2) is 0 Å². The number of amides is 3. The molecule has 2 aromatic carbocycles. The van der Waals surface area contributed by atoms with Crippen LogP contribution < -0.4 is 16.0 Å². The second kappa shape index (κ2) is 12.6. The molecule has 2 bridgehead atoms. The molecule has 0 spiro atoms. The van der Waals surface area contributed by atoms with Crippen molar-refractivity contribution in [3.63, 3.8) is 0 Å². The number of benzene rings is 2. The van der Waals surface area contributed by atoms with E-state index in [0.29, 0.717) is 64.0 Å². The molecule has 216 valence electrons. The lowest BCUT2D eigenvalue weighted by atomic mass is 9.99. The van der Waals surface area contributed by atoms with Gasteiger partial charge in [0.1, 0.15) is 12.2 Å². The molecule has 0 fully saturated rings. The smallest absolute Gasteiger partial charge is 0.411 e. The van der Waals surface area contributed by atoms with E-state index in [1.165, 1.54) is 24.2 Å². The monoisotopic (exact) mass is 589 g/mol. The van der Waals surface area contributed by atoms with E-state index in [2.05, 4.69) is 46.2 Å². The standard InChI is InChI=1S/C28H28ClN9O4/c1-16-4-3-5-21(33-25(39)11-6-17-12-18(29)7-10-24(17)38-15-31-36-37-38)26-30-14-23(34-26)20-9-8-19(32-28(41)42-2)13-22(20)35-27(16)40/h6-16,21H,3-5H2,1-2H3,(H,30,34)(H,32,41)(H,33,39)(H,35,40)/t16-,21-/m0/s1. The first-order chi connectivity index (χ1) is 20.3. The van der Waals surface area contributed by atoms with Crippen LogP contribution in [0.1, 0.15) is 43.6 Å². The summed E-state index contributed by atoms with van der Waals surface area (Å²) in [6.07, 6.45) is 7.35. The highest BCUT2D eigenvalue weighted by atomic mass is 35.5. The first kappa shape index (κ1) is 28.5. The molecule has 3 amide bonds. The predicted octanol–water partition coefficient (Wildman–Crippen LogP) is 4.51. The van der Waals surface area contributed by atoms with E-state index in [1.54, 1.807) is 48.7 Å². The zero-order valence-electron chi connectivity index (χ0n) is 22.8. The second-order valence-electron chi connectivity index (χ2n) is 9.73. The number of halogens is 1. The first-order valence-corrected chi connectivity index (χ1v) is 13.5. The molecule has 2 atom stereocenters. The number of nitrogens with zero attached hydrogens (tertiary/aromatic N) is 5. The zero-order chi connectivity index (χ0) is 29.6. The number of fused-ring (bicyclic) bond motifs is 4. The van der Waals surface area contributed by atoms with Crippen molar-refractivity contribution in [2.24, 2.45) is 5.92 Å². The summed E-state index contributed by atoms with van der Waals surface area (Å²) in [5, 5.41) is 20.4. The summed E-state index contributed by atoms with van der Waals surface area (Å²) < 4.78 is 6.16. The Kier molecular flexibility index (Phi) is 8.58. The number of methoxy groups -OCH3 is 1. The number of anilines is 2. The van der Waals surface area contributed by atoms with Crippen molar-refractivity contribution in [1.29, 1.82) is 0 Å². The topological polar surface area (TPSA) is 169 Å². The minimum absolute atomic E-state index is 0.157. The zero-order valence-corrected chi connectivity index (χ0v) is 23.6. The fourth-order valence-corrected chi connectivity index (χ4v) is 4.78. The van der Waals surface area contributed by atoms with Gasteiger partial charge in [-0.3, -0.25) is 14.9 Å². The van der Waals surface area contributed by atoms with Crippen LogP contribution in [-0.4, -0.2) is 55.2 Å². The van der Waals surface area contributed by atoms with E-state index in [0.717, 1.165) is 0 Å². The van der Waals surface area contributed by atoms with Crippen LogP contribution in [0.15, 0.2) is 55.0 Å². The molecule has 0 aliphatic carbocycles. The van der Waals surface area contributed by atoms with Crippen LogP contribution in [0.25, 0.3) is 23.0 Å². The summed E-state index contributed by atoms with van der Waals surface area (Å²) in [7, 11) is 1.27. The highest BCUT2D eigenvalue weighted by molar-refractivity contribution is 6.30. The van der Waals surface area contributed by atoms with Crippen LogP contribution in [0, 0.1) is 5.92 Å². The SMILES string of the molecule is COC(=O)Nc1ccc2c(c1)NC(=O)[C@@H](C)CCC[C@H](NC(=O)C=Cc1cc(Cl)ccc1-n1cnnn1)c1ncc-2[nH]1. The minimum Gasteiger partial charge on any atom is -0.453 e. The summed E-state index contributed by atoms with van der Waals surface area (Å²) in [6.45, 7) is 1.85. The minimum atomic E-state index is -0.624. The molecule has 42 heavy (non-hydrogen) atoms. The Morgan fingerprint density at radius 2 is 2.05 bits per heavy atom.